The van der Waals surface area contributed by atoms with E-state index in [9.17, 15) is 0 Å². The van der Waals surface area contributed by atoms with E-state index in [0.717, 1.165) is 18.4 Å². The van der Waals surface area contributed by atoms with Gasteiger partial charge in [-0.05, 0) is 31.6 Å². The number of aliphatic imine (C=N–C) groups is 1. The summed E-state index contributed by atoms with van der Waals surface area (Å²) in [5, 5.41) is 3.13. The highest BCUT2D eigenvalue weighted by Gasteiger charge is 2.18. The number of hydrogen-bond acceptors (Lipinski definition) is 2. The highest BCUT2D eigenvalue weighted by atomic mass is 16.5. The molecule has 1 aliphatic carbocycles. The van der Waals surface area contributed by atoms with Gasteiger partial charge >= 0.3 is 0 Å². The van der Waals surface area contributed by atoms with Crippen LogP contribution in [0.1, 0.15) is 39.5 Å². The minimum atomic E-state index is 0.217. The summed E-state index contributed by atoms with van der Waals surface area (Å²) >= 11 is 0. The summed E-state index contributed by atoms with van der Waals surface area (Å²) in [5.41, 5.74) is 5.84. The van der Waals surface area contributed by atoms with Crippen molar-refractivity contribution in [2.45, 2.75) is 45.6 Å². The molecule has 1 rings (SSSR count). The minimum absolute atomic E-state index is 0.217. The van der Waals surface area contributed by atoms with Gasteiger partial charge in [0.05, 0.1) is 6.61 Å². The smallest absolute Gasteiger partial charge is 0.188 e. The van der Waals surface area contributed by atoms with E-state index in [1.165, 1.54) is 25.7 Å². The maximum absolute atomic E-state index is 5.84. The number of hydrogen-bond donors (Lipinski definition) is 2. The Morgan fingerprint density at radius 1 is 1.53 bits per heavy atom. The first-order valence-electron chi connectivity index (χ1n) is 6.67. The second kappa shape index (κ2) is 7.54. The van der Waals surface area contributed by atoms with Crippen LogP contribution in [0, 0.1) is 11.8 Å². The molecule has 0 heterocycles. The Labute approximate surface area is 105 Å². The Balaban J connectivity index is 2.26. The average molecular weight is 241 g/mol. The normalized spacial score (nSPS) is 27.8. The topological polar surface area (TPSA) is 59.6 Å². The predicted molar refractivity (Wildman–Crippen MR) is 72.1 cm³/mol. The summed E-state index contributed by atoms with van der Waals surface area (Å²) in [4.78, 5) is 4.43. The number of ether oxygens (including phenoxy) is 1. The van der Waals surface area contributed by atoms with Crippen molar-refractivity contribution in [3.05, 3.63) is 0 Å². The van der Waals surface area contributed by atoms with Gasteiger partial charge in [0.2, 0.25) is 0 Å². The van der Waals surface area contributed by atoms with Crippen LogP contribution in [0.3, 0.4) is 0 Å². The first-order valence-corrected chi connectivity index (χ1v) is 6.67. The maximum Gasteiger partial charge on any atom is 0.188 e. The van der Waals surface area contributed by atoms with E-state index in [2.05, 4.69) is 17.2 Å². The van der Waals surface area contributed by atoms with Gasteiger partial charge in [0.1, 0.15) is 0 Å². The third-order valence-corrected chi connectivity index (χ3v) is 3.38. The van der Waals surface area contributed by atoms with Crippen LogP contribution in [0.4, 0.5) is 0 Å². The van der Waals surface area contributed by atoms with Crippen LogP contribution >= 0.6 is 0 Å². The molecular weight excluding hydrogens is 214 g/mol. The number of nitrogens with zero attached hydrogens (tertiary/aromatic N) is 1. The molecule has 1 saturated carbocycles. The van der Waals surface area contributed by atoms with Crippen LogP contribution < -0.4 is 11.1 Å². The monoisotopic (exact) mass is 241 g/mol. The molecule has 0 radical (unpaired) electrons. The molecule has 3 unspecified atom stereocenters. The van der Waals surface area contributed by atoms with Gasteiger partial charge in [0.15, 0.2) is 5.96 Å². The highest BCUT2D eigenvalue weighted by molar-refractivity contribution is 5.78. The summed E-state index contributed by atoms with van der Waals surface area (Å²) in [6.07, 6.45) is 5.31. The van der Waals surface area contributed by atoms with Crippen molar-refractivity contribution in [1.29, 1.82) is 0 Å². The fraction of sp³-hybridized carbons (Fsp3) is 0.923. The lowest BCUT2D eigenvalue weighted by Gasteiger charge is -2.25. The lowest BCUT2D eigenvalue weighted by molar-refractivity contribution is 0.179. The van der Waals surface area contributed by atoms with Crippen molar-refractivity contribution in [3.8, 4) is 0 Å². The van der Waals surface area contributed by atoms with E-state index >= 15 is 0 Å². The molecule has 0 aromatic heterocycles. The largest absolute Gasteiger partial charge is 0.383 e. The summed E-state index contributed by atoms with van der Waals surface area (Å²) in [7, 11) is 1.69. The van der Waals surface area contributed by atoms with Crippen molar-refractivity contribution in [3.63, 3.8) is 0 Å². The van der Waals surface area contributed by atoms with E-state index < -0.39 is 0 Å². The zero-order valence-electron chi connectivity index (χ0n) is 11.4. The molecule has 0 spiro atoms. The molecule has 0 aromatic carbocycles. The second-order valence-electron chi connectivity index (χ2n) is 5.36. The summed E-state index contributed by atoms with van der Waals surface area (Å²) in [6.45, 7) is 5.88. The number of rotatable bonds is 5. The van der Waals surface area contributed by atoms with E-state index in [1.807, 2.05) is 6.92 Å². The van der Waals surface area contributed by atoms with E-state index in [1.54, 1.807) is 7.11 Å². The first kappa shape index (κ1) is 14.3. The summed E-state index contributed by atoms with van der Waals surface area (Å²) in [6, 6.07) is 0.217. The van der Waals surface area contributed by atoms with Crippen LogP contribution in [-0.4, -0.2) is 32.3 Å². The number of nitrogens with two attached hydrogens (primary N) is 1. The van der Waals surface area contributed by atoms with Crippen molar-refractivity contribution in [1.82, 2.24) is 5.32 Å². The Morgan fingerprint density at radius 3 is 2.94 bits per heavy atom. The van der Waals surface area contributed by atoms with E-state index in [-0.39, 0.29) is 6.04 Å². The standard InChI is InChI=1S/C13H27N3O/c1-10-5-4-6-12(7-10)8-15-13(14)16-11(2)9-17-3/h10-12H,4-9H2,1-3H3,(H3,14,15,16). The quantitative estimate of drug-likeness (QED) is 0.569. The second-order valence-corrected chi connectivity index (χ2v) is 5.36. The molecule has 0 amide bonds. The number of guanidine groups is 1. The molecule has 0 aliphatic heterocycles. The first-order chi connectivity index (χ1) is 8.11. The SMILES string of the molecule is COCC(C)NC(N)=NCC1CCCC(C)C1. The average Bonchev–Trinajstić information content (AvgIpc) is 2.27. The zero-order valence-corrected chi connectivity index (χ0v) is 11.4. The molecule has 4 nitrogen and oxygen atoms in total. The van der Waals surface area contributed by atoms with Crippen molar-refractivity contribution in [2.75, 3.05) is 20.3 Å². The molecule has 100 valence electrons. The highest BCUT2D eigenvalue weighted by Crippen LogP contribution is 2.28. The molecular formula is C13H27N3O. The lowest BCUT2D eigenvalue weighted by Crippen LogP contribution is -2.41. The molecule has 4 heteroatoms. The molecule has 0 saturated heterocycles. The molecule has 3 atom stereocenters. The molecule has 1 fully saturated rings. The maximum atomic E-state index is 5.84. The third-order valence-electron chi connectivity index (χ3n) is 3.38. The molecule has 0 bridgehead atoms. The minimum Gasteiger partial charge on any atom is -0.383 e. The Kier molecular flexibility index (Phi) is 6.34. The van der Waals surface area contributed by atoms with Crippen molar-refractivity contribution < 1.29 is 4.74 Å². The fourth-order valence-electron chi connectivity index (χ4n) is 2.54. The zero-order chi connectivity index (χ0) is 12.7. The van der Waals surface area contributed by atoms with Gasteiger partial charge in [-0.2, -0.15) is 0 Å². The molecule has 17 heavy (non-hydrogen) atoms. The Bertz CT molecular complexity index is 243. The van der Waals surface area contributed by atoms with Gasteiger partial charge < -0.3 is 15.8 Å². The van der Waals surface area contributed by atoms with Gasteiger partial charge in [-0.25, -0.2) is 0 Å². The van der Waals surface area contributed by atoms with Gasteiger partial charge in [-0.15, -0.1) is 0 Å². The molecule has 1 aliphatic rings. The van der Waals surface area contributed by atoms with E-state index in [0.29, 0.717) is 12.6 Å². The van der Waals surface area contributed by atoms with Crippen LogP contribution in [0.2, 0.25) is 0 Å². The van der Waals surface area contributed by atoms with Crippen LogP contribution in [0.25, 0.3) is 0 Å². The number of methoxy groups -OCH3 is 1. The van der Waals surface area contributed by atoms with Gasteiger partial charge in [0, 0.05) is 19.7 Å². The fourth-order valence-corrected chi connectivity index (χ4v) is 2.54. The van der Waals surface area contributed by atoms with E-state index in [4.69, 9.17) is 10.5 Å². The van der Waals surface area contributed by atoms with Crippen molar-refractivity contribution in [2.24, 2.45) is 22.6 Å². The van der Waals surface area contributed by atoms with Crippen LogP contribution in [0.5, 0.6) is 0 Å². The Morgan fingerprint density at radius 2 is 2.29 bits per heavy atom. The Hall–Kier alpha value is -0.770. The van der Waals surface area contributed by atoms with Gasteiger partial charge in [-0.3, -0.25) is 4.99 Å². The van der Waals surface area contributed by atoms with Crippen LogP contribution in [0.15, 0.2) is 4.99 Å². The summed E-state index contributed by atoms with van der Waals surface area (Å²) in [5.74, 6) is 2.12. The lowest BCUT2D eigenvalue weighted by atomic mass is 9.82. The predicted octanol–water partition coefficient (Wildman–Crippen LogP) is 1.75. The molecule has 3 N–H and O–H groups in total. The van der Waals surface area contributed by atoms with Gasteiger partial charge in [-0.1, -0.05) is 19.8 Å². The summed E-state index contributed by atoms with van der Waals surface area (Å²) < 4.78 is 5.04. The molecule has 0 aromatic rings. The third kappa shape index (κ3) is 5.91. The van der Waals surface area contributed by atoms with Crippen molar-refractivity contribution >= 4 is 5.96 Å². The van der Waals surface area contributed by atoms with Gasteiger partial charge in [0.25, 0.3) is 0 Å². The number of nitrogens with one attached hydrogen (secondary N) is 1. The van der Waals surface area contributed by atoms with Crippen LogP contribution in [-0.2, 0) is 4.74 Å².